The summed E-state index contributed by atoms with van der Waals surface area (Å²) in [5.41, 5.74) is 0.909. The van der Waals surface area contributed by atoms with Crippen LogP contribution in [0.4, 0.5) is 0 Å². The number of aromatic nitrogens is 1. The van der Waals surface area contributed by atoms with Gasteiger partial charge in [-0.25, -0.2) is 4.79 Å². The number of esters is 1. The maximum absolute atomic E-state index is 12.1. The first-order valence-electron chi connectivity index (χ1n) is 5.73. The van der Waals surface area contributed by atoms with E-state index in [0.717, 1.165) is 15.6 Å². The maximum Gasteiger partial charge on any atom is 0.354 e. The Labute approximate surface area is 112 Å². The molecule has 5 heteroatoms. The number of methoxy groups -OCH3 is 1. The number of rotatable bonds is 1. The van der Waals surface area contributed by atoms with E-state index in [9.17, 15) is 9.59 Å². The van der Waals surface area contributed by atoms with Gasteiger partial charge in [0.25, 0.3) is 0 Å². The predicted molar refractivity (Wildman–Crippen MR) is 75.9 cm³/mol. The van der Waals surface area contributed by atoms with Crippen LogP contribution >= 0.6 is 11.3 Å². The van der Waals surface area contributed by atoms with Crippen LogP contribution in [0.5, 0.6) is 0 Å². The van der Waals surface area contributed by atoms with Gasteiger partial charge in [-0.05, 0) is 6.07 Å². The first kappa shape index (κ1) is 11.9. The van der Waals surface area contributed by atoms with Crippen LogP contribution < -0.4 is 5.43 Å². The van der Waals surface area contributed by atoms with Crippen molar-refractivity contribution >= 4 is 37.6 Å². The SMILES string of the molecule is COC(=O)c1cc(=O)c2sc3ccccc3c2n1C. The van der Waals surface area contributed by atoms with E-state index >= 15 is 0 Å². The Bertz CT molecular complexity index is 860. The number of pyridine rings is 1. The molecule has 0 N–H and O–H groups in total. The van der Waals surface area contributed by atoms with E-state index in [-0.39, 0.29) is 11.1 Å². The molecule has 4 nitrogen and oxygen atoms in total. The van der Waals surface area contributed by atoms with Gasteiger partial charge in [-0.1, -0.05) is 18.2 Å². The van der Waals surface area contributed by atoms with Gasteiger partial charge in [0.1, 0.15) is 5.69 Å². The van der Waals surface area contributed by atoms with Gasteiger partial charge < -0.3 is 9.30 Å². The number of carbonyl (C=O) groups excluding carboxylic acids is 1. The number of nitrogens with zero attached hydrogens (tertiary/aromatic N) is 1. The second-order valence-electron chi connectivity index (χ2n) is 4.22. The normalized spacial score (nSPS) is 11.1. The molecule has 96 valence electrons. The molecule has 0 atom stereocenters. The molecule has 0 bridgehead atoms. The van der Waals surface area contributed by atoms with Crippen molar-refractivity contribution in [2.45, 2.75) is 0 Å². The van der Waals surface area contributed by atoms with E-state index in [4.69, 9.17) is 4.74 Å². The smallest absolute Gasteiger partial charge is 0.354 e. The summed E-state index contributed by atoms with van der Waals surface area (Å²) in [6.07, 6.45) is 0. The van der Waals surface area contributed by atoms with Crippen molar-refractivity contribution in [2.24, 2.45) is 7.05 Å². The molecule has 0 radical (unpaired) electrons. The van der Waals surface area contributed by atoms with Gasteiger partial charge in [0.2, 0.25) is 0 Å². The quantitative estimate of drug-likeness (QED) is 0.640. The van der Waals surface area contributed by atoms with E-state index in [1.54, 1.807) is 11.6 Å². The van der Waals surface area contributed by atoms with Crippen LogP contribution in [0.15, 0.2) is 35.1 Å². The Morgan fingerprint density at radius 1 is 1.32 bits per heavy atom. The van der Waals surface area contributed by atoms with Crippen LogP contribution in [0.3, 0.4) is 0 Å². The standard InChI is InChI=1S/C14H11NO3S/c1-15-9(14(17)18-2)7-10(16)13-12(15)8-5-3-4-6-11(8)19-13/h3-7H,1-2H3. The molecule has 0 aliphatic carbocycles. The molecule has 3 rings (SSSR count). The van der Waals surface area contributed by atoms with Crippen molar-refractivity contribution in [1.82, 2.24) is 4.57 Å². The Morgan fingerprint density at radius 2 is 2.05 bits per heavy atom. The number of hydrogen-bond acceptors (Lipinski definition) is 4. The van der Waals surface area contributed by atoms with E-state index in [1.807, 2.05) is 24.3 Å². The summed E-state index contributed by atoms with van der Waals surface area (Å²) < 4.78 is 8.14. The van der Waals surface area contributed by atoms with Gasteiger partial charge in [-0.2, -0.15) is 0 Å². The van der Waals surface area contributed by atoms with E-state index in [2.05, 4.69) is 0 Å². The molecule has 0 aliphatic heterocycles. The number of thiophene rings is 1. The minimum absolute atomic E-state index is 0.144. The Morgan fingerprint density at radius 3 is 2.79 bits per heavy atom. The van der Waals surface area contributed by atoms with Gasteiger partial charge in [-0.15, -0.1) is 11.3 Å². The molecule has 0 aliphatic rings. The lowest BCUT2D eigenvalue weighted by molar-refractivity contribution is 0.0589. The first-order valence-corrected chi connectivity index (χ1v) is 6.54. The summed E-state index contributed by atoms with van der Waals surface area (Å²) in [6, 6.07) is 9.11. The molecule has 0 saturated heterocycles. The van der Waals surface area contributed by atoms with Gasteiger partial charge in [0.15, 0.2) is 5.43 Å². The summed E-state index contributed by atoms with van der Waals surface area (Å²) in [6.45, 7) is 0. The molecule has 0 saturated carbocycles. The largest absolute Gasteiger partial charge is 0.464 e. The lowest BCUT2D eigenvalue weighted by atomic mass is 10.2. The molecule has 0 amide bonds. The number of aryl methyl sites for hydroxylation is 1. The van der Waals surface area contributed by atoms with Crippen LogP contribution in [-0.4, -0.2) is 17.6 Å². The highest BCUT2D eigenvalue weighted by atomic mass is 32.1. The zero-order valence-electron chi connectivity index (χ0n) is 10.5. The van der Waals surface area contributed by atoms with Gasteiger partial charge in [0.05, 0.1) is 17.3 Å². The van der Waals surface area contributed by atoms with Crippen molar-refractivity contribution in [3.63, 3.8) is 0 Å². The summed E-state index contributed by atoms with van der Waals surface area (Å²) in [5.74, 6) is -0.503. The van der Waals surface area contributed by atoms with E-state index in [1.165, 1.54) is 24.5 Å². The van der Waals surface area contributed by atoms with E-state index in [0.29, 0.717) is 4.70 Å². The Balaban J connectivity index is 2.53. The number of ether oxygens (including phenoxy) is 1. The van der Waals surface area contributed by atoms with Gasteiger partial charge in [-0.3, -0.25) is 4.79 Å². The van der Waals surface area contributed by atoms with Gasteiger partial charge in [0, 0.05) is 23.2 Å². The number of fused-ring (bicyclic) bond motifs is 3. The number of hydrogen-bond donors (Lipinski definition) is 0. The van der Waals surface area contributed by atoms with Crippen molar-refractivity contribution in [1.29, 1.82) is 0 Å². The number of benzene rings is 1. The van der Waals surface area contributed by atoms with Crippen LogP contribution in [0, 0.1) is 0 Å². The van der Waals surface area contributed by atoms with Crippen LogP contribution in [0.25, 0.3) is 20.3 Å². The lowest BCUT2D eigenvalue weighted by Gasteiger charge is -2.08. The molecular formula is C14H11NO3S. The Kier molecular flexibility index (Phi) is 2.64. The predicted octanol–water partition coefficient (Wildman–Crippen LogP) is 2.54. The molecule has 1 aromatic carbocycles. The average Bonchev–Trinajstić information content (AvgIpc) is 2.82. The van der Waals surface area contributed by atoms with Crippen molar-refractivity contribution in [2.75, 3.05) is 7.11 Å². The lowest BCUT2D eigenvalue weighted by Crippen LogP contribution is -2.16. The van der Waals surface area contributed by atoms with Crippen molar-refractivity contribution in [3.8, 4) is 0 Å². The van der Waals surface area contributed by atoms with Crippen LogP contribution in [0.1, 0.15) is 10.5 Å². The molecule has 0 unspecified atom stereocenters. The highest BCUT2D eigenvalue weighted by Crippen LogP contribution is 2.31. The highest BCUT2D eigenvalue weighted by molar-refractivity contribution is 7.25. The zero-order chi connectivity index (χ0) is 13.6. The summed E-state index contributed by atoms with van der Waals surface area (Å²) in [4.78, 5) is 23.8. The monoisotopic (exact) mass is 273 g/mol. The third-order valence-electron chi connectivity index (χ3n) is 3.15. The minimum atomic E-state index is -0.503. The van der Waals surface area contributed by atoms with Crippen LogP contribution in [0.2, 0.25) is 0 Å². The van der Waals surface area contributed by atoms with Crippen LogP contribution in [-0.2, 0) is 11.8 Å². The maximum atomic E-state index is 12.1. The second kappa shape index (κ2) is 4.20. The first-order chi connectivity index (χ1) is 9.13. The summed E-state index contributed by atoms with van der Waals surface area (Å²) in [5, 5.41) is 0.979. The molecule has 0 spiro atoms. The third kappa shape index (κ3) is 1.66. The summed E-state index contributed by atoms with van der Waals surface area (Å²) >= 11 is 1.45. The Hall–Kier alpha value is -2.14. The minimum Gasteiger partial charge on any atom is -0.464 e. The second-order valence-corrected chi connectivity index (χ2v) is 5.27. The molecular weight excluding hydrogens is 262 g/mol. The third-order valence-corrected chi connectivity index (χ3v) is 4.33. The zero-order valence-corrected chi connectivity index (χ0v) is 11.3. The number of carbonyl (C=O) groups is 1. The fraction of sp³-hybridized carbons (Fsp3) is 0.143. The van der Waals surface area contributed by atoms with Crippen molar-refractivity contribution < 1.29 is 9.53 Å². The topological polar surface area (TPSA) is 48.3 Å². The molecule has 3 aromatic rings. The molecule has 2 heterocycles. The van der Waals surface area contributed by atoms with Gasteiger partial charge >= 0.3 is 5.97 Å². The molecule has 19 heavy (non-hydrogen) atoms. The van der Waals surface area contributed by atoms with Crippen molar-refractivity contribution in [3.05, 3.63) is 46.2 Å². The van der Waals surface area contributed by atoms with E-state index < -0.39 is 5.97 Å². The summed E-state index contributed by atoms with van der Waals surface area (Å²) in [7, 11) is 3.08. The fourth-order valence-corrected chi connectivity index (χ4v) is 3.38. The molecule has 2 aromatic heterocycles. The molecule has 0 fully saturated rings. The fourth-order valence-electron chi connectivity index (χ4n) is 2.24. The average molecular weight is 273 g/mol. The highest BCUT2D eigenvalue weighted by Gasteiger charge is 2.17.